The number of amides is 3. The van der Waals surface area contributed by atoms with E-state index in [9.17, 15) is 9.59 Å². The topological polar surface area (TPSA) is 96.7 Å². The van der Waals surface area contributed by atoms with Crippen LogP contribution >= 0.6 is 0 Å². The number of piperidine rings is 1. The molecule has 4 N–H and O–H groups in total. The molecule has 3 rings (SSSR count). The van der Waals surface area contributed by atoms with Gasteiger partial charge in [0.15, 0.2) is 0 Å². The zero-order chi connectivity index (χ0) is 17.3. The molecule has 130 valence electrons. The van der Waals surface area contributed by atoms with E-state index >= 15 is 0 Å². The summed E-state index contributed by atoms with van der Waals surface area (Å²) in [5, 5.41) is 2.93. The van der Waals surface area contributed by atoms with Gasteiger partial charge in [-0.1, -0.05) is 44.2 Å². The maximum absolute atomic E-state index is 12.4. The summed E-state index contributed by atoms with van der Waals surface area (Å²) in [6.07, 6.45) is 0.594. The number of benzene rings is 1. The van der Waals surface area contributed by atoms with Gasteiger partial charge in [0.25, 0.3) is 5.91 Å². The van der Waals surface area contributed by atoms with Gasteiger partial charge in [-0.2, -0.15) is 0 Å². The van der Waals surface area contributed by atoms with Gasteiger partial charge in [-0.05, 0) is 17.4 Å². The van der Waals surface area contributed by atoms with Crippen molar-refractivity contribution >= 4 is 11.9 Å². The average molecular weight is 332 g/mol. The number of rotatable bonds is 5. The predicted octanol–water partition coefficient (Wildman–Crippen LogP) is 0.926. The molecule has 2 heterocycles. The van der Waals surface area contributed by atoms with Gasteiger partial charge in [-0.3, -0.25) is 9.63 Å². The zero-order valence-electron chi connectivity index (χ0n) is 14.0. The lowest BCUT2D eigenvalue weighted by Gasteiger charge is -2.40. The minimum atomic E-state index is -0.522. The van der Waals surface area contributed by atoms with Crippen LogP contribution in [0.5, 0.6) is 0 Å². The predicted molar refractivity (Wildman–Crippen MR) is 88.7 cm³/mol. The highest BCUT2D eigenvalue weighted by molar-refractivity contribution is 5.88. The van der Waals surface area contributed by atoms with Crippen LogP contribution in [0.15, 0.2) is 30.3 Å². The largest absolute Gasteiger partial charge is 0.333 e. The van der Waals surface area contributed by atoms with Gasteiger partial charge in [0.1, 0.15) is 6.04 Å². The van der Waals surface area contributed by atoms with E-state index in [4.69, 9.17) is 10.6 Å². The molecule has 2 aliphatic heterocycles. The lowest BCUT2D eigenvalue weighted by molar-refractivity contribution is -0.140. The third kappa shape index (κ3) is 3.22. The van der Waals surface area contributed by atoms with Crippen LogP contribution in [0.2, 0.25) is 0 Å². The van der Waals surface area contributed by atoms with Gasteiger partial charge in [-0.15, -0.1) is 0 Å². The normalized spacial score (nSPS) is 26.0. The summed E-state index contributed by atoms with van der Waals surface area (Å²) in [6, 6.07) is 8.59. The summed E-state index contributed by atoms with van der Waals surface area (Å²) in [5.74, 6) is -0.307. The van der Waals surface area contributed by atoms with E-state index < -0.39 is 6.04 Å². The Hall–Kier alpha value is -2.12. The maximum Gasteiger partial charge on any atom is 0.318 e. The molecule has 2 aliphatic rings. The smallest absolute Gasteiger partial charge is 0.318 e. The Labute approximate surface area is 141 Å². The minimum Gasteiger partial charge on any atom is -0.333 e. The van der Waals surface area contributed by atoms with Crippen molar-refractivity contribution in [1.29, 1.82) is 0 Å². The molecule has 0 radical (unpaired) electrons. The quantitative estimate of drug-likeness (QED) is 0.699. The SMILES string of the molecule is CC1(C)CC(C(=O)NOCC(N)c2ccccc2)N2CC1NC2=O. The molecule has 3 unspecified atom stereocenters. The zero-order valence-corrected chi connectivity index (χ0v) is 14.0. The Kier molecular flexibility index (Phi) is 4.47. The molecule has 2 saturated heterocycles. The van der Waals surface area contributed by atoms with Crippen molar-refractivity contribution in [3.05, 3.63) is 35.9 Å². The van der Waals surface area contributed by atoms with Crippen LogP contribution in [-0.4, -0.2) is 42.1 Å². The molecule has 1 aromatic rings. The van der Waals surface area contributed by atoms with E-state index in [1.807, 2.05) is 30.3 Å². The molecule has 0 aliphatic carbocycles. The molecule has 3 atom stereocenters. The summed E-state index contributed by atoms with van der Waals surface area (Å²) in [6.45, 7) is 4.84. The summed E-state index contributed by atoms with van der Waals surface area (Å²) in [4.78, 5) is 31.3. The van der Waals surface area contributed by atoms with Crippen molar-refractivity contribution < 1.29 is 14.4 Å². The first-order valence-corrected chi connectivity index (χ1v) is 8.18. The molecule has 24 heavy (non-hydrogen) atoms. The Morgan fingerprint density at radius 1 is 1.46 bits per heavy atom. The molecule has 0 aromatic heterocycles. The number of hydrogen-bond donors (Lipinski definition) is 3. The minimum absolute atomic E-state index is 0.0847. The first-order valence-electron chi connectivity index (χ1n) is 8.18. The Morgan fingerprint density at radius 2 is 2.17 bits per heavy atom. The molecule has 0 saturated carbocycles. The number of hydrogen-bond acceptors (Lipinski definition) is 4. The number of nitrogens with zero attached hydrogens (tertiary/aromatic N) is 1. The highest BCUT2D eigenvalue weighted by Crippen LogP contribution is 2.37. The second kappa shape index (κ2) is 6.41. The van der Waals surface area contributed by atoms with Crippen LogP contribution < -0.4 is 16.5 Å². The number of fused-ring (bicyclic) bond motifs is 2. The second-order valence-electron chi connectivity index (χ2n) is 7.16. The van der Waals surface area contributed by atoms with Crippen LogP contribution in [0.3, 0.4) is 0 Å². The van der Waals surface area contributed by atoms with Gasteiger partial charge in [-0.25, -0.2) is 10.3 Å². The number of nitrogens with two attached hydrogens (primary N) is 1. The summed E-state index contributed by atoms with van der Waals surface area (Å²) < 4.78 is 0. The number of carbonyl (C=O) groups is 2. The summed E-state index contributed by atoms with van der Waals surface area (Å²) in [5.41, 5.74) is 9.29. The number of nitrogens with one attached hydrogen (secondary N) is 2. The summed E-state index contributed by atoms with van der Waals surface area (Å²) >= 11 is 0. The highest BCUT2D eigenvalue weighted by Gasteiger charge is 2.50. The first-order chi connectivity index (χ1) is 11.4. The number of hydroxylamine groups is 1. The van der Waals surface area contributed by atoms with Gasteiger partial charge in [0.05, 0.1) is 18.7 Å². The molecule has 3 amide bonds. The average Bonchev–Trinajstić information content (AvgIpc) is 2.91. The molecule has 2 bridgehead atoms. The molecular weight excluding hydrogens is 308 g/mol. The Morgan fingerprint density at radius 3 is 2.88 bits per heavy atom. The molecule has 7 heteroatoms. The van der Waals surface area contributed by atoms with Crippen LogP contribution in [0.1, 0.15) is 31.9 Å². The van der Waals surface area contributed by atoms with Crippen LogP contribution in [0, 0.1) is 5.41 Å². The fraction of sp³-hybridized carbons (Fsp3) is 0.529. The Balaban J connectivity index is 1.54. The molecule has 0 spiro atoms. The number of carbonyl (C=O) groups excluding carboxylic acids is 2. The van der Waals surface area contributed by atoms with Crippen molar-refractivity contribution in [1.82, 2.24) is 15.7 Å². The second-order valence-corrected chi connectivity index (χ2v) is 7.16. The van der Waals surface area contributed by atoms with E-state index in [2.05, 4.69) is 24.6 Å². The number of urea groups is 1. The lowest BCUT2D eigenvalue weighted by Crippen LogP contribution is -2.54. The van der Waals surface area contributed by atoms with E-state index in [1.165, 1.54) is 0 Å². The van der Waals surface area contributed by atoms with Crippen LogP contribution in [0.4, 0.5) is 4.79 Å². The van der Waals surface area contributed by atoms with Crippen molar-refractivity contribution in [3.8, 4) is 0 Å². The standard InChI is InChI=1S/C17H24N4O3/c1-17(2)8-13(21-9-14(17)19-16(21)23)15(22)20-24-10-12(18)11-6-4-3-5-7-11/h3-7,12-14H,8-10,18H2,1-2H3,(H,19,23)(H,20,22). The highest BCUT2D eigenvalue weighted by atomic mass is 16.7. The first kappa shape index (κ1) is 16.7. The van der Waals surface area contributed by atoms with Crippen molar-refractivity contribution in [3.63, 3.8) is 0 Å². The fourth-order valence-electron chi connectivity index (χ4n) is 3.32. The van der Waals surface area contributed by atoms with Crippen LogP contribution in [-0.2, 0) is 9.63 Å². The Bertz CT molecular complexity index is 620. The molecule has 2 fully saturated rings. The molecule has 7 nitrogen and oxygen atoms in total. The molecule has 1 aromatic carbocycles. The van der Waals surface area contributed by atoms with Gasteiger partial charge in [0.2, 0.25) is 0 Å². The van der Waals surface area contributed by atoms with Crippen LogP contribution in [0.25, 0.3) is 0 Å². The monoisotopic (exact) mass is 332 g/mol. The summed E-state index contributed by atoms with van der Waals surface area (Å²) in [7, 11) is 0. The maximum atomic E-state index is 12.4. The van der Waals surface area contributed by atoms with E-state index in [0.29, 0.717) is 13.0 Å². The lowest BCUT2D eigenvalue weighted by atomic mass is 9.76. The molecular formula is C17H24N4O3. The van der Waals surface area contributed by atoms with Gasteiger partial charge >= 0.3 is 6.03 Å². The van der Waals surface area contributed by atoms with Crippen molar-refractivity contribution in [2.24, 2.45) is 11.1 Å². The fourth-order valence-corrected chi connectivity index (χ4v) is 3.32. The van der Waals surface area contributed by atoms with E-state index in [1.54, 1.807) is 4.90 Å². The van der Waals surface area contributed by atoms with Gasteiger partial charge in [0, 0.05) is 6.54 Å². The van der Waals surface area contributed by atoms with Gasteiger partial charge < -0.3 is 16.0 Å². The third-order valence-electron chi connectivity index (χ3n) is 4.94. The van der Waals surface area contributed by atoms with E-state index in [0.717, 1.165) is 5.56 Å². The van der Waals surface area contributed by atoms with Crippen molar-refractivity contribution in [2.45, 2.75) is 38.4 Å². The van der Waals surface area contributed by atoms with Crippen molar-refractivity contribution in [2.75, 3.05) is 13.2 Å². The third-order valence-corrected chi connectivity index (χ3v) is 4.94. The van der Waals surface area contributed by atoms with E-state index in [-0.39, 0.29) is 36.0 Å².